The lowest BCUT2D eigenvalue weighted by atomic mass is 10.1. The van der Waals surface area contributed by atoms with Crippen molar-refractivity contribution in [2.75, 3.05) is 29.9 Å². The molecule has 40 heavy (non-hydrogen) atoms. The van der Waals surface area contributed by atoms with Crippen molar-refractivity contribution in [3.05, 3.63) is 101 Å². The van der Waals surface area contributed by atoms with Crippen molar-refractivity contribution in [1.82, 2.24) is 15.0 Å². The smallest absolute Gasteiger partial charge is 0.156 e. The number of pyridine rings is 1. The van der Waals surface area contributed by atoms with E-state index in [1.54, 1.807) is 30.6 Å². The summed E-state index contributed by atoms with van der Waals surface area (Å²) in [5.74, 6) is 2.09. The predicted octanol–water partition coefficient (Wildman–Crippen LogP) is 6.01. The summed E-state index contributed by atoms with van der Waals surface area (Å²) >= 11 is 12.2. The average Bonchev–Trinajstić information content (AvgIpc) is 3.55. The number of hydrogen-bond donors (Lipinski definition) is 2. The van der Waals surface area contributed by atoms with Gasteiger partial charge < -0.3 is 29.3 Å². The minimum Gasteiger partial charge on any atom is -0.508 e. The van der Waals surface area contributed by atoms with E-state index in [1.807, 2.05) is 36.4 Å². The number of aliphatic hydroxyl groups is 1. The Labute approximate surface area is 241 Å². The van der Waals surface area contributed by atoms with Crippen LogP contribution in [0.4, 0.5) is 11.4 Å². The van der Waals surface area contributed by atoms with Crippen LogP contribution in [-0.2, 0) is 13.2 Å². The summed E-state index contributed by atoms with van der Waals surface area (Å²) in [5, 5.41) is 18.4. The lowest BCUT2D eigenvalue weighted by Crippen LogP contribution is -2.58. The Hall–Kier alpha value is -3.92. The van der Waals surface area contributed by atoms with Gasteiger partial charge in [-0.1, -0.05) is 34.9 Å². The van der Waals surface area contributed by atoms with Crippen LogP contribution >= 0.6 is 23.2 Å². The molecule has 2 aliphatic heterocycles. The third-order valence-electron chi connectivity index (χ3n) is 6.87. The molecule has 206 valence electrons. The summed E-state index contributed by atoms with van der Waals surface area (Å²) < 4.78 is 17.4. The molecule has 0 amide bonds. The highest BCUT2D eigenvalue weighted by Crippen LogP contribution is 2.38. The van der Waals surface area contributed by atoms with Crippen LogP contribution in [0.1, 0.15) is 17.0 Å². The van der Waals surface area contributed by atoms with Gasteiger partial charge >= 0.3 is 0 Å². The van der Waals surface area contributed by atoms with Crippen molar-refractivity contribution in [1.29, 1.82) is 0 Å². The number of nitrogens with zero attached hydrogens (tertiary/aromatic N) is 4. The van der Waals surface area contributed by atoms with E-state index in [-0.39, 0.29) is 24.6 Å². The fourth-order valence-electron chi connectivity index (χ4n) is 4.86. The monoisotopic (exact) mass is 579 g/mol. The van der Waals surface area contributed by atoms with Gasteiger partial charge in [0.25, 0.3) is 0 Å². The molecule has 1 atom stereocenters. The van der Waals surface area contributed by atoms with Gasteiger partial charge in [0.2, 0.25) is 0 Å². The molecule has 0 aliphatic carbocycles. The number of aliphatic hydroxyl groups excluding tert-OH is 1. The highest BCUT2D eigenvalue weighted by atomic mass is 35.5. The fourth-order valence-corrected chi connectivity index (χ4v) is 5.33. The zero-order chi connectivity index (χ0) is 27.6. The second-order valence-electron chi connectivity index (χ2n) is 9.75. The Morgan fingerprint density at radius 1 is 1.10 bits per heavy atom. The van der Waals surface area contributed by atoms with Gasteiger partial charge in [-0.15, -0.1) is 0 Å². The Bertz CT molecular complexity index is 1510. The molecule has 9 nitrogen and oxygen atoms in total. The number of halogens is 2. The lowest BCUT2D eigenvalue weighted by Gasteiger charge is -2.41. The van der Waals surface area contributed by atoms with Crippen LogP contribution in [0.25, 0.3) is 5.76 Å². The highest BCUT2D eigenvalue weighted by Gasteiger charge is 2.36. The molecular weight excluding hydrogens is 553 g/mol. The molecule has 0 bridgehead atoms. The van der Waals surface area contributed by atoms with E-state index in [9.17, 15) is 5.11 Å². The van der Waals surface area contributed by atoms with Gasteiger partial charge in [-0.05, 0) is 42.5 Å². The zero-order valence-corrected chi connectivity index (χ0v) is 23.0. The zero-order valence-electron chi connectivity index (χ0n) is 21.5. The van der Waals surface area contributed by atoms with Gasteiger partial charge in [0.1, 0.15) is 36.1 Å². The van der Waals surface area contributed by atoms with Gasteiger partial charge in [0, 0.05) is 48.5 Å². The second kappa shape index (κ2) is 11.3. The standard InChI is InChI=1S/C29H27Cl2N5O4/c1-18(37)19-2-4-26-27(10-19)36(15-23-7-9-33-40-23)29(34-26)16-35-13-24(14-35)39-22-6-8-32-21(12-22)17-38-28-5-3-20(30)11-25(28)31/h2-12,24,29,34,37H,1,13-17H2. The molecule has 1 saturated heterocycles. The van der Waals surface area contributed by atoms with Crippen LogP contribution < -0.4 is 19.7 Å². The molecule has 11 heteroatoms. The van der Waals surface area contributed by atoms with Gasteiger partial charge in [0.05, 0.1) is 34.8 Å². The maximum Gasteiger partial charge on any atom is 0.156 e. The first-order valence-corrected chi connectivity index (χ1v) is 13.5. The van der Waals surface area contributed by atoms with E-state index in [2.05, 4.69) is 31.8 Å². The highest BCUT2D eigenvalue weighted by molar-refractivity contribution is 6.35. The summed E-state index contributed by atoms with van der Waals surface area (Å²) in [6, 6.07) is 16.5. The van der Waals surface area contributed by atoms with Gasteiger partial charge in [0.15, 0.2) is 5.76 Å². The van der Waals surface area contributed by atoms with E-state index in [0.29, 0.717) is 27.9 Å². The van der Waals surface area contributed by atoms with Crippen molar-refractivity contribution in [3.8, 4) is 11.5 Å². The first-order valence-electron chi connectivity index (χ1n) is 12.8. The normalized spacial score (nSPS) is 16.8. The number of rotatable bonds is 10. The van der Waals surface area contributed by atoms with E-state index in [1.165, 1.54) is 0 Å². The first-order chi connectivity index (χ1) is 19.4. The fraction of sp³-hybridized carbons (Fsp3) is 0.241. The average molecular weight is 580 g/mol. The van der Waals surface area contributed by atoms with E-state index >= 15 is 0 Å². The van der Waals surface area contributed by atoms with Crippen molar-refractivity contribution >= 4 is 40.3 Å². The summed E-state index contributed by atoms with van der Waals surface area (Å²) in [4.78, 5) is 8.94. The Kier molecular flexibility index (Phi) is 7.42. The Balaban J connectivity index is 1.05. The number of fused-ring (bicyclic) bond motifs is 1. The molecule has 2 aliphatic rings. The molecule has 6 rings (SSSR count). The van der Waals surface area contributed by atoms with Gasteiger partial charge in [-0.3, -0.25) is 9.88 Å². The van der Waals surface area contributed by atoms with Gasteiger partial charge in [-0.25, -0.2) is 0 Å². The first kappa shape index (κ1) is 26.3. The molecule has 2 N–H and O–H groups in total. The number of aromatic nitrogens is 2. The number of hydrogen-bond acceptors (Lipinski definition) is 9. The maximum atomic E-state index is 9.92. The number of benzene rings is 2. The van der Waals surface area contributed by atoms with Crippen LogP contribution in [0, 0.1) is 0 Å². The molecule has 4 heterocycles. The van der Waals surface area contributed by atoms with E-state index in [4.69, 9.17) is 37.2 Å². The third-order valence-corrected chi connectivity index (χ3v) is 7.40. The largest absolute Gasteiger partial charge is 0.508 e. The molecule has 0 spiro atoms. The van der Waals surface area contributed by atoms with Crippen LogP contribution in [0.5, 0.6) is 11.5 Å². The molecule has 2 aromatic carbocycles. The summed E-state index contributed by atoms with van der Waals surface area (Å²) in [7, 11) is 0. The number of anilines is 2. The molecule has 1 fully saturated rings. The van der Waals surface area contributed by atoms with Crippen molar-refractivity contribution in [2.45, 2.75) is 25.4 Å². The molecular formula is C29H27Cl2N5O4. The maximum absolute atomic E-state index is 9.92. The van der Waals surface area contributed by atoms with Crippen LogP contribution in [0.2, 0.25) is 10.0 Å². The van der Waals surface area contributed by atoms with Crippen LogP contribution in [-0.4, -0.2) is 52.1 Å². The van der Waals surface area contributed by atoms with Crippen molar-refractivity contribution in [2.24, 2.45) is 0 Å². The number of nitrogens with one attached hydrogen (secondary N) is 1. The SMILES string of the molecule is C=C(O)c1ccc2c(c1)N(Cc1ccno1)C(CN1CC(Oc3ccnc(COc4ccc(Cl)cc4Cl)c3)C1)N2. The van der Waals surface area contributed by atoms with Crippen molar-refractivity contribution < 1.29 is 19.1 Å². The molecule has 0 radical (unpaired) electrons. The third kappa shape index (κ3) is 5.82. The Morgan fingerprint density at radius 2 is 1.98 bits per heavy atom. The van der Waals surface area contributed by atoms with E-state index < -0.39 is 0 Å². The van der Waals surface area contributed by atoms with E-state index in [0.717, 1.165) is 48.2 Å². The predicted molar refractivity (Wildman–Crippen MR) is 154 cm³/mol. The van der Waals surface area contributed by atoms with Crippen molar-refractivity contribution in [3.63, 3.8) is 0 Å². The summed E-state index contributed by atoms with van der Waals surface area (Å²) in [6.45, 7) is 6.82. The topological polar surface area (TPSA) is 96.1 Å². The quantitative estimate of drug-likeness (QED) is 0.219. The lowest BCUT2D eigenvalue weighted by molar-refractivity contribution is 0.0175. The van der Waals surface area contributed by atoms with Gasteiger partial charge in [-0.2, -0.15) is 0 Å². The number of ether oxygens (including phenoxy) is 2. The Morgan fingerprint density at radius 3 is 2.75 bits per heavy atom. The second-order valence-corrected chi connectivity index (χ2v) is 10.6. The van der Waals surface area contributed by atoms with Crippen LogP contribution in [0.3, 0.4) is 0 Å². The molecule has 1 unspecified atom stereocenters. The molecule has 2 aromatic heterocycles. The minimum atomic E-state index is 0.00706. The molecule has 4 aromatic rings. The molecule has 0 saturated carbocycles. The summed E-state index contributed by atoms with van der Waals surface area (Å²) in [5.41, 5.74) is 3.39. The summed E-state index contributed by atoms with van der Waals surface area (Å²) in [6.07, 6.45) is 3.43. The minimum absolute atomic E-state index is 0.00706. The van der Waals surface area contributed by atoms with Crippen LogP contribution in [0.15, 0.2) is 78.1 Å². The number of likely N-dealkylation sites (tertiary alicyclic amines) is 1.